The molecule has 1 heterocycles. The van der Waals surface area contributed by atoms with Crippen molar-refractivity contribution in [3.8, 4) is 0 Å². The van der Waals surface area contributed by atoms with Gasteiger partial charge in [-0.2, -0.15) is 0 Å². The minimum absolute atomic E-state index is 0. The van der Waals surface area contributed by atoms with Gasteiger partial charge in [-0.3, -0.25) is 0 Å². The summed E-state index contributed by atoms with van der Waals surface area (Å²) in [5.41, 5.74) is 0. The highest BCUT2D eigenvalue weighted by atomic mass is 35.5. The van der Waals surface area contributed by atoms with Crippen molar-refractivity contribution in [2.75, 3.05) is 34.3 Å². The van der Waals surface area contributed by atoms with Crippen LogP contribution in [0.25, 0.3) is 0 Å². The summed E-state index contributed by atoms with van der Waals surface area (Å²) in [6.07, 6.45) is 19.1. The van der Waals surface area contributed by atoms with Gasteiger partial charge in [0.2, 0.25) is 0 Å². The molecular formula is C21H46ClNO. The smallest absolute Gasteiger partial charge is 0.0751 e. The van der Waals surface area contributed by atoms with E-state index in [1.165, 1.54) is 90.0 Å². The molecule has 0 aromatic rings. The first-order chi connectivity index (χ1) is 11.0. The molecule has 24 heavy (non-hydrogen) atoms. The van der Waals surface area contributed by atoms with Crippen LogP contribution in [0.4, 0.5) is 0 Å². The van der Waals surface area contributed by atoms with Crippen molar-refractivity contribution in [3.63, 3.8) is 0 Å². The van der Waals surface area contributed by atoms with Crippen LogP contribution in [0.15, 0.2) is 0 Å². The van der Waals surface area contributed by atoms with Crippen LogP contribution in [0.5, 0.6) is 0 Å². The monoisotopic (exact) mass is 363 g/mol. The molecule has 0 aliphatic carbocycles. The van der Waals surface area contributed by atoms with E-state index in [0.717, 1.165) is 11.1 Å². The van der Waals surface area contributed by atoms with Gasteiger partial charge in [-0.15, -0.1) is 0 Å². The number of nitrogens with zero attached hydrogens (tertiary/aromatic N) is 1. The molecule has 1 aliphatic heterocycles. The van der Waals surface area contributed by atoms with Crippen molar-refractivity contribution < 1.29 is 21.6 Å². The van der Waals surface area contributed by atoms with Crippen molar-refractivity contribution in [2.24, 2.45) is 0 Å². The molecule has 1 unspecified atom stereocenters. The van der Waals surface area contributed by atoms with Gasteiger partial charge in [0.05, 0.1) is 33.8 Å². The van der Waals surface area contributed by atoms with Gasteiger partial charge in [0.1, 0.15) is 0 Å². The van der Waals surface area contributed by atoms with Crippen molar-refractivity contribution in [2.45, 2.75) is 103 Å². The van der Waals surface area contributed by atoms with E-state index < -0.39 is 0 Å². The minimum Gasteiger partial charge on any atom is -1.00 e. The Hall–Kier alpha value is 0.210. The second-order valence-electron chi connectivity index (χ2n) is 8.21. The molecule has 1 fully saturated rings. The second-order valence-corrected chi connectivity index (χ2v) is 8.21. The van der Waals surface area contributed by atoms with Gasteiger partial charge in [0.25, 0.3) is 0 Å². The van der Waals surface area contributed by atoms with E-state index in [4.69, 9.17) is 4.74 Å². The first-order valence-electron chi connectivity index (χ1n) is 10.4. The number of ether oxygens (including phenoxy) is 1. The Bertz CT molecular complexity index is 236. The molecular weight excluding hydrogens is 318 g/mol. The molecule has 2 nitrogen and oxygen atoms in total. The van der Waals surface area contributed by atoms with Crippen LogP contribution in [0.1, 0.15) is 97.3 Å². The lowest BCUT2D eigenvalue weighted by molar-refractivity contribution is -0.868. The zero-order valence-electron chi connectivity index (χ0n) is 17.4. The fourth-order valence-electron chi connectivity index (χ4n) is 2.55. The Morgan fingerprint density at radius 2 is 1.12 bits per heavy atom. The topological polar surface area (TPSA) is 9.23 Å². The zero-order valence-corrected chi connectivity index (χ0v) is 18.2. The number of halogens is 1. The van der Waals surface area contributed by atoms with Crippen LogP contribution in [0.3, 0.4) is 0 Å². The summed E-state index contributed by atoms with van der Waals surface area (Å²) in [4.78, 5) is 0. The van der Waals surface area contributed by atoms with Gasteiger partial charge in [-0.25, -0.2) is 0 Å². The van der Waals surface area contributed by atoms with Crippen LogP contribution in [0, 0.1) is 0 Å². The predicted octanol–water partition coefficient (Wildman–Crippen LogP) is 3.19. The van der Waals surface area contributed by atoms with Crippen molar-refractivity contribution in [1.29, 1.82) is 0 Å². The highest BCUT2D eigenvalue weighted by Crippen LogP contribution is 2.19. The number of hydrogen-bond acceptors (Lipinski definition) is 1. The molecule has 0 spiro atoms. The number of rotatable bonds is 13. The first-order valence-corrected chi connectivity index (χ1v) is 10.4. The number of unbranched alkanes of at least 4 members (excludes halogenated alkanes) is 10. The molecule has 0 radical (unpaired) electrons. The molecule has 148 valence electrons. The molecule has 1 rings (SSSR count). The summed E-state index contributed by atoms with van der Waals surface area (Å²) in [5, 5.41) is 0. The lowest BCUT2D eigenvalue weighted by Crippen LogP contribution is -3.00. The molecule has 1 saturated heterocycles. The molecule has 0 saturated carbocycles. The van der Waals surface area contributed by atoms with Crippen LogP contribution < -0.4 is 12.4 Å². The normalized spacial score (nSPS) is 16.6. The van der Waals surface area contributed by atoms with Crippen molar-refractivity contribution in [3.05, 3.63) is 0 Å². The minimum atomic E-state index is 0. The summed E-state index contributed by atoms with van der Waals surface area (Å²) in [5.74, 6) is 0. The molecule has 0 bridgehead atoms. The van der Waals surface area contributed by atoms with E-state index in [2.05, 4.69) is 35.0 Å². The maximum absolute atomic E-state index is 5.42. The van der Waals surface area contributed by atoms with E-state index >= 15 is 0 Å². The average Bonchev–Trinajstić information content (AvgIpc) is 2.46. The Morgan fingerprint density at radius 1 is 0.750 bits per heavy atom. The van der Waals surface area contributed by atoms with Gasteiger partial charge < -0.3 is 21.6 Å². The summed E-state index contributed by atoms with van der Waals surface area (Å²) in [7, 11) is 6.54. The molecule has 0 N–H and O–H groups in total. The van der Waals surface area contributed by atoms with Gasteiger partial charge in [0, 0.05) is 6.61 Å². The third-order valence-corrected chi connectivity index (χ3v) is 4.87. The highest BCUT2D eigenvalue weighted by molar-refractivity contribution is 4.65. The molecule has 0 aromatic carbocycles. The lowest BCUT2D eigenvalue weighted by Gasteiger charge is -2.26. The standard InChI is InChI=1S/C16H32O.C5H14N.ClH/c1-2-3-4-5-6-7-8-9-10-11-12-13-16-14-15-17-16;1-5-6(2,3)4;/h16H,2-15H2,1H3;5H2,1-4H3;1H/q;+1;/p-1. The maximum atomic E-state index is 5.42. The Balaban J connectivity index is 0. The van der Waals surface area contributed by atoms with Gasteiger partial charge in [-0.05, 0) is 19.8 Å². The molecule has 1 atom stereocenters. The Morgan fingerprint density at radius 3 is 1.42 bits per heavy atom. The zero-order chi connectivity index (χ0) is 17.4. The van der Waals surface area contributed by atoms with Crippen LogP contribution in [-0.4, -0.2) is 44.9 Å². The fraction of sp³-hybridized carbons (Fsp3) is 1.00. The van der Waals surface area contributed by atoms with Crippen LogP contribution in [-0.2, 0) is 4.74 Å². The molecule has 1 aliphatic rings. The third kappa shape index (κ3) is 20.3. The summed E-state index contributed by atoms with van der Waals surface area (Å²) in [6.45, 7) is 6.69. The molecule has 3 heteroatoms. The number of quaternary nitrogens is 1. The highest BCUT2D eigenvalue weighted by Gasteiger charge is 2.16. The lowest BCUT2D eigenvalue weighted by atomic mass is 10.0. The summed E-state index contributed by atoms with van der Waals surface area (Å²) >= 11 is 0. The van der Waals surface area contributed by atoms with E-state index in [1.807, 2.05) is 0 Å². The SMILES string of the molecule is CCCCCCCCCCCCCC1CCO1.CC[N+](C)(C)C.[Cl-]. The average molecular weight is 364 g/mol. The van der Waals surface area contributed by atoms with Crippen LogP contribution in [0.2, 0.25) is 0 Å². The largest absolute Gasteiger partial charge is 1.00 e. The van der Waals surface area contributed by atoms with E-state index in [9.17, 15) is 0 Å². The second kappa shape index (κ2) is 18.0. The number of hydrogen-bond donors (Lipinski definition) is 0. The van der Waals surface area contributed by atoms with Crippen LogP contribution >= 0.6 is 0 Å². The maximum Gasteiger partial charge on any atom is 0.0751 e. The summed E-state index contributed by atoms with van der Waals surface area (Å²) < 4.78 is 6.49. The van der Waals surface area contributed by atoms with Gasteiger partial charge >= 0.3 is 0 Å². The van der Waals surface area contributed by atoms with Gasteiger partial charge in [0.15, 0.2) is 0 Å². The Kier molecular flexibility index (Phi) is 19.8. The van der Waals surface area contributed by atoms with Crippen molar-refractivity contribution in [1.82, 2.24) is 0 Å². The van der Waals surface area contributed by atoms with E-state index in [-0.39, 0.29) is 12.4 Å². The summed E-state index contributed by atoms with van der Waals surface area (Å²) in [6, 6.07) is 0. The quantitative estimate of drug-likeness (QED) is 0.360. The molecule has 0 aromatic heterocycles. The van der Waals surface area contributed by atoms with E-state index in [0.29, 0.717) is 6.10 Å². The predicted molar refractivity (Wildman–Crippen MR) is 104 cm³/mol. The fourth-order valence-corrected chi connectivity index (χ4v) is 2.55. The third-order valence-electron chi connectivity index (χ3n) is 4.87. The first kappa shape index (κ1) is 26.4. The molecule has 0 amide bonds. The van der Waals surface area contributed by atoms with E-state index in [1.54, 1.807) is 0 Å². The Labute approximate surface area is 159 Å². The van der Waals surface area contributed by atoms with Crippen molar-refractivity contribution >= 4 is 0 Å². The van der Waals surface area contributed by atoms with Gasteiger partial charge in [-0.1, -0.05) is 77.6 Å².